The van der Waals surface area contributed by atoms with Crippen LogP contribution in [0.1, 0.15) is 24.3 Å². The lowest BCUT2D eigenvalue weighted by Gasteiger charge is -2.15. The van der Waals surface area contributed by atoms with Gasteiger partial charge >= 0.3 is 0 Å². The van der Waals surface area contributed by atoms with Gasteiger partial charge in [-0.1, -0.05) is 36.4 Å². The number of hydrogen-bond acceptors (Lipinski definition) is 1. The lowest BCUT2D eigenvalue weighted by molar-refractivity contribution is -0.115. The minimum absolute atomic E-state index is 0.257. The van der Waals surface area contributed by atoms with Gasteiger partial charge in [0.15, 0.2) is 5.78 Å². The maximum absolute atomic E-state index is 11.0. The average Bonchev–Trinajstić information content (AvgIpc) is 2.20. The Morgan fingerprint density at radius 1 is 1.15 bits per heavy atom. The predicted molar refractivity (Wildman–Crippen MR) is 52.6 cm³/mol. The summed E-state index contributed by atoms with van der Waals surface area (Å²) in [4.78, 5) is 11.0. The summed E-state index contributed by atoms with van der Waals surface area (Å²) in [6.45, 7) is 0. The fraction of sp³-hybridized carbons (Fsp3) is 0.250. The van der Waals surface area contributed by atoms with E-state index in [1.807, 2.05) is 24.3 Å². The molecule has 1 atom stereocenters. The van der Waals surface area contributed by atoms with Crippen molar-refractivity contribution in [3.63, 3.8) is 0 Å². The third-order valence-electron chi connectivity index (χ3n) is 2.44. The first-order valence-corrected chi connectivity index (χ1v) is 4.62. The van der Waals surface area contributed by atoms with Crippen LogP contribution >= 0.6 is 0 Å². The SMILES string of the molecule is O=C1C=C[C@@H](c2ccccc2)CC1. The molecule has 0 spiro atoms. The van der Waals surface area contributed by atoms with Gasteiger partial charge in [-0.2, -0.15) is 0 Å². The summed E-state index contributed by atoms with van der Waals surface area (Å²) in [5, 5.41) is 0. The zero-order valence-corrected chi connectivity index (χ0v) is 7.44. The van der Waals surface area contributed by atoms with Gasteiger partial charge in [0.25, 0.3) is 0 Å². The predicted octanol–water partition coefficient (Wildman–Crippen LogP) is 2.69. The molecule has 1 nitrogen and oxygen atoms in total. The Bertz CT molecular complexity index is 324. The molecule has 0 fully saturated rings. The molecule has 0 saturated carbocycles. The van der Waals surface area contributed by atoms with Crippen LogP contribution in [-0.2, 0) is 4.79 Å². The van der Waals surface area contributed by atoms with E-state index in [1.165, 1.54) is 5.56 Å². The molecule has 1 aromatic rings. The van der Waals surface area contributed by atoms with Gasteiger partial charge in [-0.25, -0.2) is 0 Å². The molecule has 1 aliphatic rings. The Balaban J connectivity index is 2.20. The van der Waals surface area contributed by atoms with Crippen molar-refractivity contribution in [1.29, 1.82) is 0 Å². The molecule has 66 valence electrons. The molecule has 0 saturated heterocycles. The van der Waals surface area contributed by atoms with E-state index >= 15 is 0 Å². The van der Waals surface area contributed by atoms with Crippen molar-refractivity contribution in [2.24, 2.45) is 0 Å². The molecule has 1 aliphatic carbocycles. The van der Waals surface area contributed by atoms with Gasteiger partial charge in [0, 0.05) is 12.3 Å². The smallest absolute Gasteiger partial charge is 0.155 e. The van der Waals surface area contributed by atoms with Crippen molar-refractivity contribution < 1.29 is 4.79 Å². The summed E-state index contributed by atoms with van der Waals surface area (Å²) in [7, 11) is 0. The second kappa shape index (κ2) is 3.56. The van der Waals surface area contributed by atoms with Crippen LogP contribution in [0.15, 0.2) is 42.5 Å². The van der Waals surface area contributed by atoms with E-state index in [4.69, 9.17) is 0 Å². The number of rotatable bonds is 1. The number of ketones is 1. The molecule has 0 aromatic heterocycles. The lowest BCUT2D eigenvalue weighted by atomic mass is 9.89. The zero-order valence-electron chi connectivity index (χ0n) is 7.44. The number of carbonyl (C=O) groups excluding carboxylic acids is 1. The number of benzene rings is 1. The Morgan fingerprint density at radius 3 is 2.54 bits per heavy atom. The molecule has 0 heterocycles. The molecule has 0 unspecified atom stereocenters. The first-order chi connectivity index (χ1) is 6.36. The topological polar surface area (TPSA) is 17.1 Å². The Kier molecular flexibility index (Phi) is 2.26. The Labute approximate surface area is 78.1 Å². The summed E-state index contributed by atoms with van der Waals surface area (Å²) < 4.78 is 0. The van der Waals surface area contributed by atoms with E-state index in [1.54, 1.807) is 6.08 Å². The number of hydrogen-bond donors (Lipinski definition) is 0. The highest BCUT2D eigenvalue weighted by atomic mass is 16.1. The third kappa shape index (κ3) is 1.86. The minimum atomic E-state index is 0.257. The first kappa shape index (κ1) is 8.24. The van der Waals surface area contributed by atoms with E-state index in [0.717, 1.165) is 6.42 Å². The van der Waals surface area contributed by atoms with Crippen LogP contribution in [0.2, 0.25) is 0 Å². The Morgan fingerprint density at radius 2 is 1.92 bits per heavy atom. The molecule has 2 rings (SSSR count). The summed E-state index contributed by atoms with van der Waals surface area (Å²) in [5.41, 5.74) is 1.31. The highest BCUT2D eigenvalue weighted by Crippen LogP contribution is 2.25. The van der Waals surface area contributed by atoms with Crippen molar-refractivity contribution in [3.8, 4) is 0 Å². The van der Waals surface area contributed by atoms with Crippen molar-refractivity contribution >= 4 is 5.78 Å². The summed E-state index contributed by atoms with van der Waals surface area (Å²) >= 11 is 0. The molecular formula is C12H12O. The molecule has 1 aromatic carbocycles. The van der Waals surface area contributed by atoms with Crippen molar-refractivity contribution in [2.75, 3.05) is 0 Å². The third-order valence-corrected chi connectivity index (χ3v) is 2.44. The minimum Gasteiger partial charge on any atom is -0.295 e. The van der Waals surface area contributed by atoms with E-state index < -0.39 is 0 Å². The highest BCUT2D eigenvalue weighted by Gasteiger charge is 2.13. The van der Waals surface area contributed by atoms with Gasteiger partial charge in [-0.05, 0) is 18.1 Å². The Hall–Kier alpha value is -1.37. The van der Waals surface area contributed by atoms with Gasteiger partial charge in [-0.15, -0.1) is 0 Å². The normalized spacial score (nSPS) is 21.8. The molecule has 0 amide bonds. The molecule has 13 heavy (non-hydrogen) atoms. The zero-order chi connectivity index (χ0) is 9.10. The lowest BCUT2D eigenvalue weighted by Crippen LogP contribution is -2.05. The van der Waals surface area contributed by atoms with E-state index in [2.05, 4.69) is 12.1 Å². The fourth-order valence-electron chi connectivity index (χ4n) is 1.68. The summed E-state index contributed by atoms with van der Waals surface area (Å²) in [5.74, 6) is 0.700. The second-order valence-electron chi connectivity index (χ2n) is 3.38. The van der Waals surface area contributed by atoms with Crippen molar-refractivity contribution in [3.05, 3.63) is 48.0 Å². The number of allylic oxidation sites excluding steroid dienone is 2. The molecule has 0 bridgehead atoms. The largest absolute Gasteiger partial charge is 0.295 e. The van der Waals surface area contributed by atoms with Crippen LogP contribution in [0.3, 0.4) is 0 Å². The monoisotopic (exact) mass is 172 g/mol. The van der Waals surface area contributed by atoms with Gasteiger partial charge in [0.1, 0.15) is 0 Å². The second-order valence-corrected chi connectivity index (χ2v) is 3.38. The highest BCUT2D eigenvalue weighted by molar-refractivity contribution is 5.90. The van der Waals surface area contributed by atoms with Gasteiger partial charge in [0.2, 0.25) is 0 Å². The van der Waals surface area contributed by atoms with Crippen LogP contribution in [0, 0.1) is 0 Å². The van der Waals surface area contributed by atoms with Gasteiger partial charge < -0.3 is 0 Å². The van der Waals surface area contributed by atoms with Crippen LogP contribution in [0.25, 0.3) is 0 Å². The molecule has 0 aliphatic heterocycles. The molecule has 1 heteroatoms. The van der Waals surface area contributed by atoms with Crippen LogP contribution in [0.4, 0.5) is 0 Å². The van der Waals surface area contributed by atoms with Crippen LogP contribution in [0.5, 0.6) is 0 Å². The van der Waals surface area contributed by atoms with E-state index in [0.29, 0.717) is 12.3 Å². The summed E-state index contributed by atoms with van der Waals surface area (Å²) in [6, 6.07) is 10.3. The molecular weight excluding hydrogens is 160 g/mol. The molecule has 0 radical (unpaired) electrons. The van der Waals surface area contributed by atoms with Crippen molar-refractivity contribution in [2.45, 2.75) is 18.8 Å². The maximum Gasteiger partial charge on any atom is 0.155 e. The molecule has 0 N–H and O–H groups in total. The fourth-order valence-corrected chi connectivity index (χ4v) is 1.68. The van der Waals surface area contributed by atoms with E-state index in [-0.39, 0.29) is 5.78 Å². The first-order valence-electron chi connectivity index (χ1n) is 4.62. The van der Waals surface area contributed by atoms with E-state index in [9.17, 15) is 4.79 Å². The van der Waals surface area contributed by atoms with Gasteiger partial charge in [-0.3, -0.25) is 4.79 Å². The standard InChI is InChI=1S/C12H12O/c13-12-8-6-11(7-9-12)10-4-2-1-3-5-10/h1-6,8,11H,7,9H2/t11-/m1/s1. The van der Waals surface area contributed by atoms with Gasteiger partial charge in [0.05, 0.1) is 0 Å². The average molecular weight is 172 g/mol. The van der Waals surface area contributed by atoms with Crippen LogP contribution in [-0.4, -0.2) is 5.78 Å². The maximum atomic E-state index is 11.0. The van der Waals surface area contributed by atoms with Crippen molar-refractivity contribution in [1.82, 2.24) is 0 Å². The quantitative estimate of drug-likeness (QED) is 0.636. The van der Waals surface area contributed by atoms with Crippen LogP contribution < -0.4 is 0 Å². The summed E-state index contributed by atoms with van der Waals surface area (Å²) in [6.07, 6.45) is 5.37. The number of carbonyl (C=O) groups is 1.